The van der Waals surface area contributed by atoms with Crippen LogP contribution in [0.1, 0.15) is 33.1 Å². The lowest BCUT2D eigenvalue weighted by molar-refractivity contribution is 0.219. The first-order chi connectivity index (χ1) is 9.63. The van der Waals surface area contributed by atoms with Crippen molar-refractivity contribution < 1.29 is 9.84 Å². The van der Waals surface area contributed by atoms with Crippen LogP contribution in [-0.4, -0.2) is 45.4 Å². The summed E-state index contributed by atoms with van der Waals surface area (Å²) in [5.74, 6) is 6.13. The van der Waals surface area contributed by atoms with Gasteiger partial charge in [-0.3, -0.25) is 5.43 Å². The highest BCUT2D eigenvalue weighted by molar-refractivity contribution is 5.39. The van der Waals surface area contributed by atoms with Gasteiger partial charge < -0.3 is 14.7 Å². The maximum absolute atomic E-state index is 9.48. The highest BCUT2D eigenvalue weighted by Gasteiger charge is 2.25. The third-order valence-corrected chi connectivity index (χ3v) is 3.17. The van der Waals surface area contributed by atoms with E-state index in [1.807, 2.05) is 18.7 Å². The van der Waals surface area contributed by atoms with Crippen molar-refractivity contribution in [2.75, 3.05) is 23.5 Å². The average molecular weight is 282 g/mol. The fourth-order valence-electron chi connectivity index (χ4n) is 2.26. The number of nitrogens with one attached hydrogen (secondary N) is 1. The summed E-state index contributed by atoms with van der Waals surface area (Å²) in [7, 11) is 0. The van der Waals surface area contributed by atoms with E-state index in [2.05, 4.69) is 20.4 Å². The van der Waals surface area contributed by atoms with Crippen LogP contribution in [-0.2, 0) is 0 Å². The summed E-state index contributed by atoms with van der Waals surface area (Å²) in [4.78, 5) is 14.6. The minimum absolute atomic E-state index is 0.0312. The van der Waals surface area contributed by atoms with Crippen LogP contribution in [0.5, 0.6) is 6.01 Å². The van der Waals surface area contributed by atoms with Gasteiger partial charge in [0.25, 0.3) is 0 Å². The average Bonchev–Trinajstić information content (AvgIpc) is 2.46. The molecule has 8 nitrogen and oxygen atoms in total. The molecule has 1 aliphatic rings. The predicted octanol–water partition coefficient (Wildman–Crippen LogP) is 0.296. The molecule has 4 N–H and O–H groups in total. The van der Waals surface area contributed by atoms with Gasteiger partial charge in [0.15, 0.2) is 0 Å². The zero-order chi connectivity index (χ0) is 14.5. The highest BCUT2D eigenvalue weighted by atomic mass is 16.5. The number of hydrogen-bond acceptors (Lipinski definition) is 8. The molecular weight excluding hydrogens is 260 g/mol. The number of piperidine rings is 1. The van der Waals surface area contributed by atoms with E-state index in [4.69, 9.17) is 10.6 Å². The van der Waals surface area contributed by atoms with Crippen molar-refractivity contribution in [1.82, 2.24) is 15.0 Å². The Morgan fingerprint density at radius 3 is 2.85 bits per heavy atom. The fraction of sp³-hybridized carbons (Fsp3) is 0.750. The van der Waals surface area contributed by atoms with E-state index in [-0.39, 0.29) is 30.7 Å². The number of anilines is 2. The van der Waals surface area contributed by atoms with E-state index < -0.39 is 0 Å². The van der Waals surface area contributed by atoms with Gasteiger partial charge in [-0.15, -0.1) is 0 Å². The van der Waals surface area contributed by atoms with Crippen molar-refractivity contribution in [3.05, 3.63) is 0 Å². The first kappa shape index (κ1) is 14.7. The summed E-state index contributed by atoms with van der Waals surface area (Å²) in [5, 5.41) is 9.48. The number of hydrazine groups is 1. The zero-order valence-corrected chi connectivity index (χ0v) is 11.9. The van der Waals surface area contributed by atoms with E-state index in [0.29, 0.717) is 5.95 Å². The molecule has 1 unspecified atom stereocenters. The first-order valence-corrected chi connectivity index (χ1v) is 6.91. The maximum atomic E-state index is 9.48. The number of hydrogen-bond donors (Lipinski definition) is 3. The Morgan fingerprint density at radius 2 is 2.20 bits per heavy atom. The van der Waals surface area contributed by atoms with Gasteiger partial charge in [0, 0.05) is 6.54 Å². The summed E-state index contributed by atoms with van der Waals surface area (Å²) < 4.78 is 5.51. The predicted molar refractivity (Wildman–Crippen MR) is 75.5 cm³/mol. The molecule has 0 amide bonds. The van der Waals surface area contributed by atoms with Crippen molar-refractivity contribution >= 4 is 11.9 Å². The second-order valence-electron chi connectivity index (χ2n) is 5.08. The standard InChI is InChI=1S/C12H22N6O2/c1-8(2)20-12-15-10(17-13)14-11(16-12)18-6-4-3-5-9(18)7-19/h8-9,19H,3-7,13H2,1-2H3,(H,14,15,16,17). The zero-order valence-electron chi connectivity index (χ0n) is 11.9. The van der Waals surface area contributed by atoms with E-state index in [1.54, 1.807) is 0 Å². The number of nitrogens with zero attached hydrogens (tertiary/aromatic N) is 4. The highest BCUT2D eigenvalue weighted by Crippen LogP contribution is 2.23. The minimum atomic E-state index is -0.0362. The Balaban J connectivity index is 2.28. The minimum Gasteiger partial charge on any atom is -0.461 e. The molecule has 1 atom stereocenters. The molecule has 1 saturated heterocycles. The summed E-state index contributed by atoms with van der Waals surface area (Å²) in [6.07, 6.45) is 3.04. The maximum Gasteiger partial charge on any atom is 0.323 e. The first-order valence-electron chi connectivity index (χ1n) is 6.91. The van der Waals surface area contributed by atoms with E-state index in [0.717, 1.165) is 25.8 Å². The van der Waals surface area contributed by atoms with Crippen LogP contribution in [0.25, 0.3) is 0 Å². The second kappa shape index (κ2) is 6.67. The number of nitrogens with two attached hydrogens (primary N) is 1. The Hall–Kier alpha value is -1.67. The molecule has 112 valence electrons. The third kappa shape index (κ3) is 3.45. The van der Waals surface area contributed by atoms with Gasteiger partial charge in [0.05, 0.1) is 18.8 Å². The van der Waals surface area contributed by atoms with Crippen LogP contribution in [0.4, 0.5) is 11.9 Å². The quantitative estimate of drug-likeness (QED) is 0.522. The third-order valence-electron chi connectivity index (χ3n) is 3.17. The van der Waals surface area contributed by atoms with Gasteiger partial charge in [0.1, 0.15) is 0 Å². The van der Waals surface area contributed by atoms with E-state index in [1.165, 1.54) is 0 Å². The number of aliphatic hydroxyl groups excluding tert-OH is 1. The van der Waals surface area contributed by atoms with E-state index >= 15 is 0 Å². The van der Waals surface area contributed by atoms with Crippen LogP contribution < -0.4 is 20.9 Å². The topological polar surface area (TPSA) is 109 Å². The Bertz CT molecular complexity index is 442. The van der Waals surface area contributed by atoms with E-state index in [9.17, 15) is 5.11 Å². The van der Waals surface area contributed by atoms with Crippen LogP contribution in [0, 0.1) is 0 Å². The SMILES string of the molecule is CC(C)Oc1nc(NN)nc(N2CCCCC2CO)n1. The lowest BCUT2D eigenvalue weighted by Crippen LogP contribution is -2.43. The lowest BCUT2D eigenvalue weighted by Gasteiger charge is -2.34. The fourth-order valence-corrected chi connectivity index (χ4v) is 2.26. The summed E-state index contributed by atoms with van der Waals surface area (Å²) >= 11 is 0. The van der Waals surface area contributed by atoms with Crippen LogP contribution in [0.2, 0.25) is 0 Å². The van der Waals surface area contributed by atoms with Gasteiger partial charge in [-0.25, -0.2) is 5.84 Å². The molecule has 1 aromatic heterocycles. The second-order valence-corrected chi connectivity index (χ2v) is 5.08. The van der Waals surface area contributed by atoms with Gasteiger partial charge in [-0.2, -0.15) is 15.0 Å². The Labute approximate surface area is 118 Å². The molecular formula is C12H22N6O2. The molecule has 2 heterocycles. The monoisotopic (exact) mass is 282 g/mol. The van der Waals surface area contributed by atoms with Crippen molar-refractivity contribution in [3.63, 3.8) is 0 Å². The molecule has 0 saturated carbocycles. The van der Waals surface area contributed by atoms with Crippen molar-refractivity contribution in [2.45, 2.75) is 45.3 Å². The molecule has 0 bridgehead atoms. The van der Waals surface area contributed by atoms with Crippen molar-refractivity contribution in [1.29, 1.82) is 0 Å². The number of aliphatic hydroxyl groups is 1. The molecule has 1 fully saturated rings. The van der Waals surface area contributed by atoms with Crippen LogP contribution >= 0.6 is 0 Å². The largest absolute Gasteiger partial charge is 0.461 e. The number of ether oxygens (including phenoxy) is 1. The number of rotatable bonds is 5. The molecule has 0 radical (unpaired) electrons. The van der Waals surface area contributed by atoms with Gasteiger partial charge in [0.2, 0.25) is 11.9 Å². The van der Waals surface area contributed by atoms with Crippen LogP contribution in [0.15, 0.2) is 0 Å². The lowest BCUT2D eigenvalue weighted by atomic mass is 10.0. The summed E-state index contributed by atoms with van der Waals surface area (Å²) in [6, 6.07) is 0.267. The van der Waals surface area contributed by atoms with Crippen molar-refractivity contribution in [3.8, 4) is 6.01 Å². The molecule has 20 heavy (non-hydrogen) atoms. The molecule has 0 spiro atoms. The molecule has 2 rings (SSSR count). The molecule has 1 aromatic rings. The number of aromatic nitrogens is 3. The number of nitrogen functional groups attached to an aromatic ring is 1. The summed E-state index contributed by atoms with van der Waals surface area (Å²) in [5.41, 5.74) is 2.42. The molecule has 8 heteroatoms. The molecule has 0 aliphatic carbocycles. The van der Waals surface area contributed by atoms with Gasteiger partial charge in [-0.05, 0) is 33.1 Å². The Kier molecular flexibility index (Phi) is 4.91. The smallest absolute Gasteiger partial charge is 0.323 e. The summed E-state index contributed by atoms with van der Waals surface area (Å²) in [6.45, 7) is 4.69. The van der Waals surface area contributed by atoms with Gasteiger partial charge in [-0.1, -0.05) is 0 Å². The molecule has 1 aliphatic heterocycles. The van der Waals surface area contributed by atoms with Crippen LogP contribution in [0.3, 0.4) is 0 Å². The molecule has 0 aromatic carbocycles. The normalized spacial score (nSPS) is 19.2. The van der Waals surface area contributed by atoms with Crippen molar-refractivity contribution in [2.24, 2.45) is 5.84 Å². The van der Waals surface area contributed by atoms with Gasteiger partial charge >= 0.3 is 6.01 Å². The Morgan fingerprint density at radius 1 is 1.40 bits per heavy atom.